The van der Waals surface area contributed by atoms with Crippen LogP contribution in [0.25, 0.3) is 11.0 Å². The van der Waals surface area contributed by atoms with Crippen LogP contribution in [0, 0.1) is 12.8 Å². The molecular weight excluding hydrogens is 375 g/mol. The first-order valence-electron chi connectivity index (χ1n) is 8.76. The fraction of sp³-hybridized carbons (Fsp3) is 0.389. The Morgan fingerprint density at radius 1 is 1.32 bits per heavy atom. The van der Waals surface area contributed by atoms with Gasteiger partial charge in [0.15, 0.2) is 0 Å². The van der Waals surface area contributed by atoms with E-state index in [1.807, 2.05) is 13.0 Å². The highest BCUT2D eigenvalue weighted by Crippen LogP contribution is 2.29. The van der Waals surface area contributed by atoms with Gasteiger partial charge in [0.25, 0.3) is 5.91 Å². The summed E-state index contributed by atoms with van der Waals surface area (Å²) in [5.41, 5.74) is 2.25. The van der Waals surface area contributed by atoms with Crippen LogP contribution in [-0.2, 0) is 12.6 Å². The third-order valence-electron chi connectivity index (χ3n) is 4.92. The second kappa shape index (κ2) is 6.62. The minimum absolute atomic E-state index is 0.136. The molecule has 3 heterocycles. The van der Waals surface area contributed by atoms with E-state index in [1.165, 1.54) is 23.1 Å². The van der Waals surface area contributed by atoms with Crippen LogP contribution in [-0.4, -0.2) is 55.3 Å². The third-order valence-corrected chi connectivity index (χ3v) is 4.92. The van der Waals surface area contributed by atoms with Crippen molar-refractivity contribution < 1.29 is 23.1 Å². The van der Waals surface area contributed by atoms with Gasteiger partial charge in [-0.25, -0.2) is 4.98 Å². The highest BCUT2D eigenvalue weighted by atomic mass is 19.4. The number of aliphatic hydroxyl groups is 1. The lowest BCUT2D eigenvalue weighted by molar-refractivity contribution is -0.144. The minimum atomic E-state index is -4.58. The number of alkyl halides is 3. The molecule has 7 nitrogen and oxygen atoms in total. The molecule has 1 fully saturated rings. The van der Waals surface area contributed by atoms with Gasteiger partial charge >= 0.3 is 6.18 Å². The van der Waals surface area contributed by atoms with E-state index < -0.39 is 18.1 Å². The van der Waals surface area contributed by atoms with Gasteiger partial charge in [-0.2, -0.15) is 18.3 Å². The van der Waals surface area contributed by atoms with Crippen molar-refractivity contribution in [1.82, 2.24) is 25.1 Å². The summed E-state index contributed by atoms with van der Waals surface area (Å²) in [4.78, 5) is 20.0. The number of β-amino-alcohol motifs (C(OH)–C–C–N with tert-alkyl or cyclic N) is 1. The third kappa shape index (κ3) is 3.47. The number of imidazole rings is 1. The van der Waals surface area contributed by atoms with E-state index in [-0.39, 0.29) is 35.0 Å². The van der Waals surface area contributed by atoms with E-state index in [2.05, 4.69) is 20.2 Å². The van der Waals surface area contributed by atoms with Gasteiger partial charge in [0.2, 0.25) is 5.82 Å². The van der Waals surface area contributed by atoms with Gasteiger partial charge in [0.1, 0.15) is 0 Å². The molecular formula is C18H18F3N5O2. The van der Waals surface area contributed by atoms with E-state index in [4.69, 9.17) is 0 Å². The number of nitrogens with zero attached hydrogens (tertiary/aromatic N) is 3. The summed E-state index contributed by atoms with van der Waals surface area (Å²) < 4.78 is 38.4. The van der Waals surface area contributed by atoms with Crippen LogP contribution in [0.4, 0.5) is 13.2 Å². The van der Waals surface area contributed by atoms with Crippen LogP contribution in [0.1, 0.15) is 27.6 Å². The predicted octanol–water partition coefficient (Wildman–Crippen LogP) is 2.29. The number of aromatic nitrogens is 4. The normalized spacial score (nSPS) is 20.2. The standard InChI is InChI=1S/C18H18F3N5O2/c1-9-4-12(25-24-9)5-11-7-26(8-15(11)27)16(28)10-2-3-13-14(6-10)23-17(22-13)18(19,20)21/h2-4,6,11,15,27H,5,7-8H2,1H3,(H,22,23)(H,24,25)/t11-,15+/m1/s1. The predicted molar refractivity (Wildman–Crippen MR) is 93.5 cm³/mol. The highest BCUT2D eigenvalue weighted by Gasteiger charge is 2.36. The zero-order chi connectivity index (χ0) is 20.1. The smallest absolute Gasteiger partial charge is 0.391 e. The average Bonchev–Trinajstić information content (AvgIpc) is 3.32. The maximum Gasteiger partial charge on any atom is 0.449 e. The fourth-order valence-electron chi connectivity index (χ4n) is 3.53. The summed E-state index contributed by atoms with van der Waals surface area (Å²) in [6, 6.07) is 6.07. The summed E-state index contributed by atoms with van der Waals surface area (Å²) >= 11 is 0. The van der Waals surface area contributed by atoms with Crippen molar-refractivity contribution in [2.45, 2.75) is 25.6 Å². The molecule has 1 aliphatic rings. The molecule has 0 unspecified atom stereocenters. The Morgan fingerprint density at radius 3 is 2.79 bits per heavy atom. The number of hydrogen-bond acceptors (Lipinski definition) is 4. The number of H-pyrrole nitrogens is 2. The molecule has 10 heteroatoms. The second-order valence-corrected chi connectivity index (χ2v) is 7.10. The largest absolute Gasteiger partial charge is 0.449 e. The van der Waals surface area contributed by atoms with Crippen molar-refractivity contribution in [1.29, 1.82) is 0 Å². The summed E-state index contributed by atoms with van der Waals surface area (Å²) in [5.74, 6) is -1.60. The van der Waals surface area contributed by atoms with Gasteiger partial charge < -0.3 is 15.0 Å². The topological polar surface area (TPSA) is 97.9 Å². The number of aromatic amines is 2. The molecule has 0 spiro atoms. The van der Waals surface area contributed by atoms with Gasteiger partial charge in [-0.1, -0.05) is 0 Å². The van der Waals surface area contributed by atoms with Gasteiger partial charge in [0, 0.05) is 30.3 Å². The lowest BCUT2D eigenvalue weighted by atomic mass is 10.0. The quantitative estimate of drug-likeness (QED) is 0.636. The fourth-order valence-corrected chi connectivity index (χ4v) is 3.53. The van der Waals surface area contributed by atoms with Crippen LogP contribution in [0.15, 0.2) is 24.3 Å². The number of benzene rings is 1. The van der Waals surface area contributed by atoms with Crippen molar-refractivity contribution in [3.05, 3.63) is 47.0 Å². The molecule has 3 aromatic rings. The Bertz CT molecular complexity index is 1030. The highest BCUT2D eigenvalue weighted by molar-refractivity contribution is 5.97. The molecule has 1 aromatic carbocycles. The van der Waals surface area contributed by atoms with Crippen molar-refractivity contribution in [3.63, 3.8) is 0 Å². The number of aliphatic hydroxyl groups excluding tert-OH is 1. The molecule has 1 amide bonds. The number of halogens is 3. The molecule has 0 radical (unpaired) electrons. The average molecular weight is 393 g/mol. The van der Waals surface area contributed by atoms with Crippen LogP contribution in [0.3, 0.4) is 0 Å². The number of fused-ring (bicyclic) bond motifs is 1. The monoisotopic (exact) mass is 393 g/mol. The van der Waals surface area contributed by atoms with Crippen molar-refractivity contribution >= 4 is 16.9 Å². The van der Waals surface area contributed by atoms with Gasteiger partial charge in [0.05, 0.1) is 22.8 Å². The Kier molecular flexibility index (Phi) is 4.37. The van der Waals surface area contributed by atoms with Crippen LogP contribution >= 0.6 is 0 Å². The molecule has 0 aliphatic carbocycles. The Hall–Kier alpha value is -2.88. The number of carbonyl (C=O) groups excluding carboxylic acids is 1. The molecule has 28 heavy (non-hydrogen) atoms. The van der Waals surface area contributed by atoms with Gasteiger partial charge in [-0.3, -0.25) is 9.89 Å². The molecule has 1 saturated heterocycles. The first-order valence-corrected chi connectivity index (χ1v) is 8.76. The van der Waals surface area contributed by atoms with Gasteiger partial charge in [-0.05, 0) is 37.6 Å². The lowest BCUT2D eigenvalue weighted by Gasteiger charge is -2.16. The van der Waals surface area contributed by atoms with E-state index >= 15 is 0 Å². The first-order chi connectivity index (χ1) is 13.2. The maximum atomic E-state index is 12.8. The molecule has 4 rings (SSSR count). The van der Waals surface area contributed by atoms with E-state index in [9.17, 15) is 23.1 Å². The molecule has 2 aromatic heterocycles. The number of likely N-dealkylation sites (tertiary alicyclic amines) is 1. The van der Waals surface area contributed by atoms with E-state index in [1.54, 1.807) is 0 Å². The number of rotatable bonds is 3. The Morgan fingerprint density at radius 2 is 2.11 bits per heavy atom. The van der Waals surface area contributed by atoms with Crippen molar-refractivity contribution in [2.24, 2.45) is 5.92 Å². The first kappa shape index (κ1) is 18.5. The molecule has 2 atom stereocenters. The zero-order valence-corrected chi connectivity index (χ0v) is 14.9. The Balaban J connectivity index is 1.51. The van der Waals surface area contributed by atoms with Crippen molar-refractivity contribution in [2.75, 3.05) is 13.1 Å². The number of hydrogen-bond donors (Lipinski definition) is 3. The summed E-state index contributed by atoms with van der Waals surface area (Å²) in [7, 11) is 0. The number of aryl methyl sites for hydroxylation is 1. The molecule has 1 aliphatic heterocycles. The molecule has 0 bridgehead atoms. The van der Waals surface area contributed by atoms with Crippen LogP contribution in [0.2, 0.25) is 0 Å². The van der Waals surface area contributed by atoms with E-state index in [0.29, 0.717) is 13.0 Å². The maximum absolute atomic E-state index is 12.8. The van der Waals surface area contributed by atoms with Gasteiger partial charge in [-0.15, -0.1) is 0 Å². The van der Waals surface area contributed by atoms with Crippen molar-refractivity contribution in [3.8, 4) is 0 Å². The Labute approximate surface area is 157 Å². The summed E-state index contributed by atoms with van der Waals surface area (Å²) in [6.45, 7) is 2.40. The zero-order valence-electron chi connectivity index (χ0n) is 14.9. The molecule has 3 N–H and O–H groups in total. The van der Waals surface area contributed by atoms with Crippen LogP contribution < -0.4 is 0 Å². The molecule has 0 saturated carbocycles. The minimum Gasteiger partial charge on any atom is -0.391 e. The number of amides is 1. The lowest BCUT2D eigenvalue weighted by Crippen LogP contribution is -2.29. The summed E-state index contributed by atoms with van der Waals surface area (Å²) in [6.07, 6.45) is -4.74. The van der Waals surface area contributed by atoms with E-state index in [0.717, 1.165) is 11.4 Å². The summed E-state index contributed by atoms with van der Waals surface area (Å²) in [5, 5.41) is 17.3. The molecule has 148 valence electrons. The second-order valence-electron chi connectivity index (χ2n) is 7.10. The number of nitrogens with one attached hydrogen (secondary N) is 2. The number of carbonyl (C=O) groups is 1. The van der Waals surface area contributed by atoms with Crippen LogP contribution in [0.5, 0.6) is 0 Å². The SMILES string of the molecule is Cc1cc(C[C@@H]2CN(C(=O)c3ccc4nc(C(F)(F)F)[nH]c4c3)C[C@@H]2O)n[nH]1.